The summed E-state index contributed by atoms with van der Waals surface area (Å²) in [6, 6.07) is 0. The number of aliphatic hydroxyl groups is 1. The van der Waals surface area contributed by atoms with Crippen molar-refractivity contribution >= 4 is 11.9 Å². The number of hydrogen-bond acceptors (Lipinski definition) is 3. The van der Waals surface area contributed by atoms with Crippen LogP contribution in [0.4, 0.5) is 0 Å². The minimum atomic E-state index is -1.10. The zero-order valence-electron chi connectivity index (χ0n) is 9.20. The van der Waals surface area contributed by atoms with E-state index in [1.165, 1.54) is 13.8 Å². The van der Waals surface area contributed by atoms with E-state index < -0.39 is 18.0 Å². The van der Waals surface area contributed by atoms with E-state index in [0.29, 0.717) is 13.0 Å². The highest BCUT2D eigenvalue weighted by atomic mass is 16.4. The summed E-state index contributed by atoms with van der Waals surface area (Å²) in [6.45, 7) is 4.80. The summed E-state index contributed by atoms with van der Waals surface area (Å²) in [5, 5.41) is 20.1. The Bertz CT molecular complexity index is 281. The minimum absolute atomic E-state index is 0.0320. The van der Waals surface area contributed by atoms with Crippen LogP contribution >= 0.6 is 0 Å². The maximum Gasteiger partial charge on any atom is 0.331 e. The average Bonchev–Trinajstić information content (AvgIpc) is 2.14. The highest BCUT2D eigenvalue weighted by Crippen LogP contribution is 2.03. The maximum atomic E-state index is 11.4. The molecule has 0 radical (unpaired) electrons. The Hall–Kier alpha value is -1.36. The molecule has 5 nitrogen and oxygen atoms in total. The van der Waals surface area contributed by atoms with Crippen molar-refractivity contribution in [3.8, 4) is 0 Å². The Balaban J connectivity index is 4.22. The lowest BCUT2D eigenvalue weighted by atomic mass is 10.1. The van der Waals surface area contributed by atoms with E-state index in [1.54, 1.807) is 6.92 Å². The van der Waals surface area contributed by atoms with Crippen molar-refractivity contribution in [2.24, 2.45) is 0 Å². The van der Waals surface area contributed by atoms with E-state index in [4.69, 9.17) is 10.2 Å². The van der Waals surface area contributed by atoms with Crippen LogP contribution in [0.5, 0.6) is 0 Å². The van der Waals surface area contributed by atoms with Crippen molar-refractivity contribution in [2.75, 3.05) is 6.54 Å². The molecule has 0 fully saturated rings. The Morgan fingerprint density at radius 2 is 1.80 bits per heavy atom. The summed E-state index contributed by atoms with van der Waals surface area (Å²) in [4.78, 5) is 21.9. The van der Waals surface area contributed by atoms with Gasteiger partial charge >= 0.3 is 5.97 Å². The zero-order valence-corrected chi connectivity index (χ0v) is 9.20. The van der Waals surface area contributed by atoms with E-state index in [2.05, 4.69) is 5.32 Å². The van der Waals surface area contributed by atoms with E-state index in [1.807, 2.05) is 0 Å². The molecule has 1 unspecified atom stereocenters. The third-order valence-corrected chi connectivity index (χ3v) is 2.07. The molecule has 0 aromatic heterocycles. The maximum absolute atomic E-state index is 11.4. The van der Waals surface area contributed by atoms with Gasteiger partial charge < -0.3 is 15.5 Å². The van der Waals surface area contributed by atoms with E-state index in [9.17, 15) is 9.59 Å². The van der Waals surface area contributed by atoms with Gasteiger partial charge in [-0.1, -0.05) is 0 Å². The monoisotopic (exact) mass is 215 g/mol. The van der Waals surface area contributed by atoms with Gasteiger partial charge in [0.05, 0.1) is 6.10 Å². The number of carbonyl (C=O) groups excluding carboxylic acids is 1. The highest BCUT2D eigenvalue weighted by molar-refractivity contribution is 6.01. The molecular weight excluding hydrogens is 198 g/mol. The van der Waals surface area contributed by atoms with Gasteiger partial charge in [0.1, 0.15) is 0 Å². The summed E-state index contributed by atoms with van der Waals surface area (Å²) < 4.78 is 0. The fourth-order valence-corrected chi connectivity index (χ4v) is 0.858. The molecule has 0 saturated heterocycles. The number of carboxylic acid groups (broad SMARTS) is 1. The predicted molar refractivity (Wildman–Crippen MR) is 55.3 cm³/mol. The van der Waals surface area contributed by atoms with Gasteiger partial charge in [0.25, 0.3) is 0 Å². The van der Waals surface area contributed by atoms with Gasteiger partial charge in [0.15, 0.2) is 0 Å². The summed E-state index contributed by atoms with van der Waals surface area (Å²) in [5.74, 6) is -1.51. The number of carboxylic acids is 1. The third-order valence-electron chi connectivity index (χ3n) is 2.07. The first kappa shape index (κ1) is 13.6. The lowest BCUT2D eigenvalue weighted by molar-refractivity contribution is -0.133. The van der Waals surface area contributed by atoms with Crippen molar-refractivity contribution in [1.29, 1.82) is 0 Å². The van der Waals surface area contributed by atoms with Crippen LogP contribution in [0.15, 0.2) is 11.1 Å². The first-order valence-corrected chi connectivity index (χ1v) is 4.73. The molecule has 0 aliphatic carbocycles. The van der Waals surface area contributed by atoms with Crippen LogP contribution in [0, 0.1) is 0 Å². The van der Waals surface area contributed by atoms with E-state index in [0.717, 1.165) is 0 Å². The molecule has 15 heavy (non-hydrogen) atoms. The molecule has 1 amide bonds. The molecule has 0 bridgehead atoms. The standard InChI is InChI=1S/C10H17NO4/c1-6(12)4-5-11-9(13)7(2)8(3)10(14)15/h6,12H,4-5H2,1-3H3,(H,11,13)(H,14,15). The van der Waals surface area contributed by atoms with Crippen LogP contribution in [0.1, 0.15) is 27.2 Å². The lowest BCUT2D eigenvalue weighted by Gasteiger charge is -2.07. The van der Waals surface area contributed by atoms with Crippen LogP contribution in [0.25, 0.3) is 0 Å². The van der Waals surface area contributed by atoms with Crippen LogP contribution in [-0.4, -0.2) is 34.7 Å². The fraction of sp³-hybridized carbons (Fsp3) is 0.600. The highest BCUT2D eigenvalue weighted by Gasteiger charge is 2.11. The van der Waals surface area contributed by atoms with Crippen LogP contribution < -0.4 is 5.32 Å². The topological polar surface area (TPSA) is 86.6 Å². The molecule has 0 heterocycles. The first-order chi connectivity index (χ1) is 6.86. The molecule has 0 aromatic carbocycles. The Morgan fingerprint density at radius 1 is 1.27 bits per heavy atom. The Kier molecular flexibility index (Phi) is 5.62. The largest absolute Gasteiger partial charge is 0.478 e. The third kappa shape index (κ3) is 5.17. The van der Waals surface area contributed by atoms with Crippen LogP contribution in [0.3, 0.4) is 0 Å². The normalized spacial score (nSPS) is 14.1. The smallest absolute Gasteiger partial charge is 0.331 e. The second kappa shape index (κ2) is 6.19. The van der Waals surface area contributed by atoms with Crippen molar-refractivity contribution in [1.82, 2.24) is 5.32 Å². The lowest BCUT2D eigenvalue weighted by Crippen LogP contribution is -2.28. The van der Waals surface area contributed by atoms with Gasteiger partial charge in [-0.2, -0.15) is 0 Å². The van der Waals surface area contributed by atoms with Crippen molar-refractivity contribution in [2.45, 2.75) is 33.3 Å². The molecule has 0 rings (SSSR count). The number of aliphatic hydroxyl groups excluding tert-OH is 1. The Morgan fingerprint density at radius 3 is 2.20 bits per heavy atom. The van der Waals surface area contributed by atoms with Gasteiger partial charge in [0.2, 0.25) is 5.91 Å². The molecule has 5 heteroatoms. The molecule has 0 aromatic rings. The van der Waals surface area contributed by atoms with Gasteiger partial charge in [-0.25, -0.2) is 4.79 Å². The van der Waals surface area contributed by atoms with Gasteiger partial charge in [0, 0.05) is 17.7 Å². The molecule has 0 aliphatic rings. The van der Waals surface area contributed by atoms with Crippen LogP contribution in [0.2, 0.25) is 0 Å². The number of rotatable bonds is 5. The van der Waals surface area contributed by atoms with Crippen molar-refractivity contribution in [3.05, 3.63) is 11.1 Å². The van der Waals surface area contributed by atoms with Crippen LogP contribution in [-0.2, 0) is 9.59 Å². The molecular formula is C10H17NO4. The Labute approximate surface area is 88.8 Å². The molecule has 1 atom stereocenters. The predicted octanol–water partition coefficient (Wildman–Crippen LogP) is 0.295. The number of nitrogens with one attached hydrogen (secondary N) is 1. The molecule has 86 valence electrons. The summed E-state index contributed by atoms with van der Waals surface area (Å²) in [5.41, 5.74) is 0.220. The van der Waals surface area contributed by atoms with E-state index >= 15 is 0 Å². The number of amides is 1. The average molecular weight is 215 g/mol. The quantitative estimate of drug-likeness (QED) is 0.575. The summed E-state index contributed by atoms with van der Waals surface area (Å²) >= 11 is 0. The molecule has 3 N–H and O–H groups in total. The number of carbonyl (C=O) groups is 2. The van der Waals surface area contributed by atoms with Gasteiger partial charge in [-0.05, 0) is 27.2 Å². The second-order valence-corrected chi connectivity index (χ2v) is 3.45. The molecule has 0 aliphatic heterocycles. The van der Waals surface area contributed by atoms with Gasteiger partial charge in [-0.15, -0.1) is 0 Å². The zero-order chi connectivity index (χ0) is 12.0. The van der Waals surface area contributed by atoms with Crippen molar-refractivity contribution in [3.63, 3.8) is 0 Å². The number of aliphatic carboxylic acids is 1. The first-order valence-electron chi connectivity index (χ1n) is 4.73. The number of hydrogen-bond donors (Lipinski definition) is 3. The second-order valence-electron chi connectivity index (χ2n) is 3.45. The molecule has 0 spiro atoms. The fourth-order valence-electron chi connectivity index (χ4n) is 0.858. The van der Waals surface area contributed by atoms with Crippen molar-refractivity contribution < 1.29 is 19.8 Å². The summed E-state index contributed by atoms with van der Waals surface area (Å²) in [6.07, 6.45) is -0.0272. The van der Waals surface area contributed by atoms with Gasteiger partial charge in [-0.3, -0.25) is 4.79 Å². The van der Waals surface area contributed by atoms with E-state index in [-0.39, 0.29) is 11.1 Å². The SMILES string of the molecule is CC(C(=O)O)=C(C)C(=O)NCCC(C)O. The minimum Gasteiger partial charge on any atom is -0.478 e. The molecule has 0 saturated carbocycles. The summed E-state index contributed by atoms with van der Waals surface area (Å²) in [7, 11) is 0.